The van der Waals surface area contributed by atoms with Crippen molar-refractivity contribution in [1.29, 1.82) is 0 Å². The molecule has 3 fully saturated rings. The highest BCUT2D eigenvalue weighted by Crippen LogP contribution is 2.20. The number of rotatable bonds is 4. The summed E-state index contributed by atoms with van der Waals surface area (Å²) in [6.45, 7) is 5.46. The normalized spacial score (nSPS) is 33.1. The number of ether oxygens (including phenoxy) is 1. The molecule has 5 heteroatoms. The molecule has 0 radical (unpaired) electrons. The van der Waals surface area contributed by atoms with Gasteiger partial charge in [-0.05, 0) is 44.7 Å². The Morgan fingerprint density at radius 1 is 1.37 bits per heavy atom. The standard InChI is InChI=1S/C14H25N3O2/c18-14(16-12-3-4-12)13-10-19-7-6-17(13)9-11-2-1-5-15-8-11/h11-13,15H,1-10H2,(H,16,18). The lowest BCUT2D eigenvalue weighted by atomic mass is 9.98. The van der Waals surface area contributed by atoms with Gasteiger partial charge < -0.3 is 15.4 Å². The molecule has 0 spiro atoms. The van der Waals surface area contributed by atoms with Crippen LogP contribution >= 0.6 is 0 Å². The van der Waals surface area contributed by atoms with Crippen molar-refractivity contribution in [2.24, 2.45) is 5.92 Å². The van der Waals surface area contributed by atoms with E-state index in [0.717, 1.165) is 45.6 Å². The van der Waals surface area contributed by atoms with E-state index in [1.807, 2.05) is 0 Å². The van der Waals surface area contributed by atoms with Crippen LogP contribution in [0.1, 0.15) is 25.7 Å². The molecule has 0 aromatic rings. The fraction of sp³-hybridized carbons (Fsp3) is 0.929. The third-order valence-electron chi connectivity index (χ3n) is 4.36. The highest BCUT2D eigenvalue weighted by atomic mass is 16.5. The average molecular weight is 267 g/mol. The number of carbonyl (C=O) groups excluding carboxylic acids is 1. The van der Waals surface area contributed by atoms with Gasteiger partial charge in [0.05, 0.1) is 13.2 Å². The Kier molecular flexibility index (Phi) is 4.35. The third kappa shape index (κ3) is 3.68. The lowest BCUT2D eigenvalue weighted by Gasteiger charge is -2.37. The van der Waals surface area contributed by atoms with E-state index in [0.29, 0.717) is 18.6 Å². The Hall–Kier alpha value is -0.650. The number of amides is 1. The summed E-state index contributed by atoms with van der Waals surface area (Å²) >= 11 is 0. The molecular weight excluding hydrogens is 242 g/mol. The maximum Gasteiger partial charge on any atom is 0.239 e. The van der Waals surface area contributed by atoms with Crippen LogP contribution in [0.2, 0.25) is 0 Å². The number of hydrogen-bond donors (Lipinski definition) is 2. The minimum absolute atomic E-state index is 0.0729. The third-order valence-corrected chi connectivity index (χ3v) is 4.36. The first-order chi connectivity index (χ1) is 9.33. The van der Waals surface area contributed by atoms with Crippen molar-refractivity contribution in [3.8, 4) is 0 Å². The maximum atomic E-state index is 12.3. The second-order valence-corrected chi connectivity index (χ2v) is 6.08. The zero-order valence-corrected chi connectivity index (χ0v) is 11.6. The smallest absolute Gasteiger partial charge is 0.239 e. The zero-order chi connectivity index (χ0) is 13.1. The van der Waals surface area contributed by atoms with E-state index in [1.54, 1.807) is 0 Å². The van der Waals surface area contributed by atoms with Crippen LogP contribution in [0.25, 0.3) is 0 Å². The predicted octanol–water partition coefficient (Wildman–Crippen LogP) is -0.0346. The van der Waals surface area contributed by atoms with Gasteiger partial charge in [-0.25, -0.2) is 0 Å². The van der Waals surface area contributed by atoms with Gasteiger partial charge in [-0.15, -0.1) is 0 Å². The van der Waals surface area contributed by atoms with Crippen molar-refractivity contribution in [3.05, 3.63) is 0 Å². The van der Waals surface area contributed by atoms with Gasteiger partial charge >= 0.3 is 0 Å². The molecule has 1 saturated carbocycles. The molecule has 2 unspecified atom stereocenters. The van der Waals surface area contributed by atoms with Crippen LogP contribution in [-0.4, -0.2) is 62.3 Å². The summed E-state index contributed by atoms with van der Waals surface area (Å²) in [5.41, 5.74) is 0. The molecule has 1 amide bonds. The summed E-state index contributed by atoms with van der Waals surface area (Å²) in [4.78, 5) is 14.6. The zero-order valence-electron chi connectivity index (χ0n) is 11.6. The number of carbonyl (C=O) groups is 1. The van der Waals surface area contributed by atoms with Crippen LogP contribution in [0, 0.1) is 5.92 Å². The molecule has 2 heterocycles. The Morgan fingerprint density at radius 2 is 2.26 bits per heavy atom. The summed E-state index contributed by atoms with van der Waals surface area (Å²) in [5, 5.41) is 6.57. The quantitative estimate of drug-likeness (QED) is 0.751. The summed E-state index contributed by atoms with van der Waals surface area (Å²) in [6.07, 6.45) is 4.83. The highest BCUT2D eigenvalue weighted by Gasteiger charge is 2.34. The largest absolute Gasteiger partial charge is 0.378 e. The van der Waals surface area contributed by atoms with E-state index in [1.165, 1.54) is 12.8 Å². The minimum Gasteiger partial charge on any atom is -0.378 e. The highest BCUT2D eigenvalue weighted by molar-refractivity contribution is 5.82. The van der Waals surface area contributed by atoms with Gasteiger partial charge in [0.15, 0.2) is 0 Å². The van der Waals surface area contributed by atoms with E-state index in [2.05, 4.69) is 15.5 Å². The molecular formula is C14H25N3O2. The molecule has 108 valence electrons. The van der Waals surface area contributed by atoms with Gasteiger partial charge in [-0.2, -0.15) is 0 Å². The molecule has 1 aliphatic carbocycles. The minimum atomic E-state index is -0.0729. The van der Waals surface area contributed by atoms with Crippen LogP contribution in [0.3, 0.4) is 0 Å². The van der Waals surface area contributed by atoms with E-state index in [-0.39, 0.29) is 11.9 Å². The molecule has 0 bridgehead atoms. The van der Waals surface area contributed by atoms with E-state index >= 15 is 0 Å². The van der Waals surface area contributed by atoms with Crippen molar-refractivity contribution in [3.63, 3.8) is 0 Å². The number of piperidine rings is 1. The number of morpholine rings is 1. The van der Waals surface area contributed by atoms with Crippen molar-refractivity contribution >= 4 is 5.91 Å². The molecule has 0 aromatic heterocycles. The number of nitrogens with zero attached hydrogens (tertiary/aromatic N) is 1. The monoisotopic (exact) mass is 267 g/mol. The summed E-state index contributed by atoms with van der Waals surface area (Å²) < 4.78 is 5.51. The predicted molar refractivity (Wildman–Crippen MR) is 72.9 cm³/mol. The van der Waals surface area contributed by atoms with Crippen LogP contribution in [0.15, 0.2) is 0 Å². The molecule has 3 rings (SSSR count). The summed E-state index contributed by atoms with van der Waals surface area (Å²) in [7, 11) is 0. The van der Waals surface area contributed by atoms with Crippen LogP contribution in [0.5, 0.6) is 0 Å². The second kappa shape index (κ2) is 6.20. The van der Waals surface area contributed by atoms with Gasteiger partial charge in [0.2, 0.25) is 5.91 Å². The second-order valence-electron chi connectivity index (χ2n) is 6.08. The molecule has 2 aliphatic heterocycles. The number of hydrogen-bond acceptors (Lipinski definition) is 4. The molecule has 2 atom stereocenters. The Bertz CT molecular complexity index is 314. The van der Waals surface area contributed by atoms with Gasteiger partial charge in [0.1, 0.15) is 6.04 Å². The van der Waals surface area contributed by atoms with Crippen LogP contribution in [0.4, 0.5) is 0 Å². The molecule has 5 nitrogen and oxygen atoms in total. The topological polar surface area (TPSA) is 53.6 Å². The molecule has 0 aromatic carbocycles. The molecule has 19 heavy (non-hydrogen) atoms. The summed E-state index contributed by atoms with van der Waals surface area (Å²) in [5.74, 6) is 0.856. The van der Waals surface area contributed by atoms with Crippen molar-refractivity contribution in [2.75, 3.05) is 39.4 Å². The first kappa shape index (κ1) is 13.3. The van der Waals surface area contributed by atoms with Gasteiger partial charge in [-0.1, -0.05) is 0 Å². The van der Waals surface area contributed by atoms with Gasteiger partial charge in [-0.3, -0.25) is 9.69 Å². The van der Waals surface area contributed by atoms with Gasteiger partial charge in [0.25, 0.3) is 0 Å². The number of nitrogens with one attached hydrogen (secondary N) is 2. The first-order valence-electron chi connectivity index (χ1n) is 7.66. The van der Waals surface area contributed by atoms with E-state index in [4.69, 9.17) is 4.74 Å². The van der Waals surface area contributed by atoms with E-state index < -0.39 is 0 Å². The lowest BCUT2D eigenvalue weighted by Crippen LogP contribution is -2.56. The maximum absolute atomic E-state index is 12.3. The van der Waals surface area contributed by atoms with Crippen LogP contribution in [-0.2, 0) is 9.53 Å². The van der Waals surface area contributed by atoms with Crippen molar-refractivity contribution in [2.45, 2.75) is 37.8 Å². The Morgan fingerprint density at radius 3 is 3.00 bits per heavy atom. The van der Waals surface area contributed by atoms with Crippen molar-refractivity contribution < 1.29 is 9.53 Å². The summed E-state index contributed by atoms with van der Waals surface area (Å²) in [6, 6.07) is 0.365. The fourth-order valence-electron chi connectivity index (χ4n) is 3.03. The molecule has 2 N–H and O–H groups in total. The van der Waals surface area contributed by atoms with Crippen molar-refractivity contribution in [1.82, 2.24) is 15.5 Å². The van der Waals surface area contributed by atoms with Crippen LogP contribution < -0.4 is 10.6 Å². The Balaban J connectivity index is 1.54. The fourth-order valence-corrected chi connectivity index (χ4v) is 3.03. The molecule has 2 saturated heterocycles. The molecule has 3 aliphatic rings. The van der Waals surface area contributed by atoms with Gasteiger partial charge in [0, 0.05) is 19.1 Å². The Labute approximate surface area is 115 Å². The lowest BCUT2D eigenvalue weighted by molar-refractivity contribution is -0.133. The SMILES string of the molecule is O=C(NC1CC1)C1COCCN1CC1CCCNC1. The average Bonchev–Trinajstić information content (AvgIpc) is 3.24. The first-order valence-corrected chi connectivity index (χ1v) is 7.66. The van der Waals surface area contributed by atoms with E-state index in [9.17, 15) is 4.79 Å².